The smallest absolute Gasteiger partial charge is 0.251 e. The van der Waals surface area contributed by atoms with Gasteiger partial charge in [-0.05, 0) is 60.4 Å². The zero-order valence-electron chi connectivity index (χ0n) is 19.6. The van der Waals surface area contributed by atoms with Crippen molar-refractivity contribution in [1.82, 2.24) is 19.9 Å². The number of thioether (sulfide) groups is 1. The molecule has 0 bridgehead atoms. The van der Waals surface area contributed by atoms with E-state index < -0.39 is 0 Å². The molecule has 0 unspecified atom stereocenters. The van der Waals surface area contributed by atoms with Gasteiger partial charge in [0.25, 0.3) is 5.91 Å². The third kappa shape index (κ3) is 5.90. The number of nitrogens with zero attached hydrogens (tertiary/aromatic N) is 3. The Balaban J connectivity index is 1.27. The SMILES string of the molecule is O=C(NC1CCCCCC1)c1ccc(CSc2nc3cccnc3n2Cc2cccc(F)c2)cc1. The van der Waals surface area contributed by atoms with Crippen LogP contribution < -0.4 is 5.32 Å². The minimum absolute atomic E-state index is 0.0130. The van der Waals surface area contributed by atoms with Crippen LogP contribution in [0.4, 0.5) is 4.39 Å². The van der Waals surface area contributed by atoms with Crippen LogP contribution in [0.15, 0.2) is 72.0 Å². The van der Waals surface area contributed by atoms with Gasteiger partial charge < -0.3 is 5.32 Å². The molecule has 2 aromatic heterocycles. The van der Waals surface area contributed by atoms with Gasteiger partial charge in [0.15, 0.2) is 10.8 Å². The number of carbonyl (C=O) groups excluding carboxylic acids is 1. The van der Waals surface area contributed by atoms with Crippen LogP contribution in [0.2, 0.25) is 0 Å². The van der Waals surface area contributed by atoms with Gasteiger partial charge in [-0.3, -0.25) is 9.36 Å². The van der Waals surface area contributed by atoms with Crippen molar-refractivity contribution in [2.24, 2.45) is 0 Å². The molecule has 1 saturated carbocycles. The number of imidazole rings is 1. The first kappa shape index (κ1) is 23.5. The largest absolute Gasteiger partial charge is 0.349 e. The van der Waals surface area contributed by atoms with Gasteiger partial charge in [0.1, 0.15) is 11.3 Å². The molecule has 5 nitrogen and oxygen atoms in total. The van der Waals surface area contributed by atoms with Crippen molar-refractivity contribution < 1.29 is 9.18 Å². The van der Waals surface area contributed by atoms with Crippen molar-refractivity contribution in [2.45, 2.75) is 62.0 Å². The van der Waals surface area contributed by atoms with Crippen LogP contribution in [0.5, 0.6) is 0 Å². The molecule has 1 aliphatic carbocycles. The molecule has 1 N–H and O–H groups in total. The third-order valence-corrected chi connectivity index (χ3v) is 7.52. The molecule has 180 valence electrons. The highest BCUT2D eigenvalue weighted by molar-refractivity contribution is 7.98. The normalized spacial score (nSPS) is 14.7. The quantitative estimate of drug-likeness (QED) is 0.243. The summed E-state index contributed by atoms with van der Waals surface area (Å²) in [5, 5.41) is 4.04. The molecule has 2 heterocycles. The van der Waals surface area contributed by atoms with Crippen molar-refractivity contribution >= 4 is 28.8 Å². The second kappa shape index (κ2) is 11.0. The zero-order valence-corrected chi connectivity index (χ0v) is 20.4. The predicted octanol–water partition coefficient (Wildman–Crippen LogP) is 6.36. The number of carbonyl (C=O) groups is 1. The topological polar surface area (TPSA) is 59.8 Å². The molecule has 0 spiro atoms. The fraction of sp³-hybridized carbons (Fsp3) is 0.321. The molecule has 7 heteroatoms. The molecule has 0 atom stereocenters. The van der Waals surface area contributed by atoms with Gasteiger partial charge in [-0.15, -0.1) is 0 Å². The second-order valence-corrected chi connectivity index (χ2v) is 10.0. The van der Waals surface area contributed by atoms with Crippen molar-refractivity contribution in [3.8, 4) is 0 Å². The van der Waals surface area contributed by atoms with Gasteiger partial charge in [0.05, 0.1) is 6.54 Å². The van der Waals surface area contributed by atoms with E-state index in [-0.39, 0.29) is 11.7 Å². The number of pyridine rings is 1. The molecular formula is C28H29FN4OS. The predicted molar refractivity (Wildman–Crippen MR) is 138 cm³/mol. The lowest BCUT2D eigenvalue weighted by atomic mass is 10.1. The summed E-state index contributed by atoms with van der Waals surface area (Å²) in [7, 11) is 0. The zero-order chi connectivity index (χ0) is 24.0. The van der Waals surface area contributed by atoms with Gasteiger partial charge >= 0.3 is 0 Å². The van der Waals surface area contributed by atoms with E-state index in [2.05, 4.69) is 10.3 Å². The van der Waals surface area contributed by atoms with Gasteiger partial charge in [-0.1, -0.05) is 61.7 Å². The Hall–Kier alpha value is -3.19. The van der Waals surface area contributed by atoms with Crippen LogP contribution in [0.25, 0.3) is 11.2 Å². The summed E-state index contributed by atoms with van der Waals surface area (Å²) < 4.78 is 15.8. The van der Waals surface area contributed by atoms with E-state index >= 15 is 0 Å². The summed E-state index contributed by atoms with van der Waals surface area (Å²) in [6, 6.07) is 18.5. The maximum absolute atomic E-state index is 13.7. The molecule has 2 aromatic carbocycles. The summed E-state index contributed by atoms with van der Waals surface area (Å²) in [6.45, 7) is 0.494. The average molecular weight is 489 g/mol. The number of benzene rings is 2. The van der Waals surface area contributed by atoms with Crippen molar-refractivity contribution in [3.63, 3.8) is 0 Å². The average Bonchev–Trinajstić information content (AvgIpc) is 3.02. The Morgan fingerprint density at radius 2 is 1.80 bits per heavy atom. The monoisotopic (exact) mass is 488 g/mol. The number of hydrogen-bond acceptors (Lipinski definition) is 4. The van der Waals surface area contributed by atoms with Crippen LogP contribution in [0.3, 0.4) is 0 Å². The van der Waals surface area contributed by atoms with Crippen LogP contribution in [-0.2, 0) is 12.3 Å². The Morgan fingerprint density at radius 3 is 2.57 bits per heavy atom. The Bertz CT molecular complexity index is 1300. The summed E-state index contributed by atoms with van der Waals surface area (Å²) in [6.07, 6.45) is 8.83. The molecule has 1 aliphatic rings. The summed E-state index contributed by atoms with van der Waals surface area (Å²) >= 11 is 1.61. The van der Waals surface area contributed by atoms with Crippen molar-refractivity contribution in [1.29, 1.82) is 0 Å². The van der Waals surface area contributed by atoms with Gasteiger partial charge in [0, 0.05) is 23.6 Å². The van der Waals surface area contributed by atoms with Crippen LogP contribution in [-0.4, -0.2) is 26.5 Å². The minimum Gasteiger partial charge on any atom is -0.349 e. The summed E-state index contributed by atoms with van der Waals surface area (Å²) in [5.41, 5.74) is 4.27. The maximum atomic E-state index is 13.7. The summed E-state index contributed by atoms with van der Waals surface area (Å²) in [5.74, 6) is 0.466. The van der Waals surface area contributed by atoms with Gasteiger partial charge in [-0.25, -0.2) is 14.4 Å². The Kier molecular flexibility index (Phi) is 7.42. The van der Waals surface area contributed by atoms with E-state index in [0.717, 1.165) is 40.3 Å². The fourth-order valence-corrected chi connectivity index (χ4v) is 5.56. The van der Waals surface area contributed by atoms with Gasteiger partial charge in [-0.2, -0.15) is 0 Å². The second-order valence-electron chi connectivity index (χ2n) is 9.10. The lowest BCUT2D eigenvalue weighted by Gasteiger charge is -2.16. The molecule has 0 aliphatic heterocycles. The molecule has 35 heavy (non-hydrogen) atoms. The molecule has 0 saturated heterocycles. The lowest BCUT2D eigenvalue weighted by Crippen LogP contribution is -2.34. The fourth-order valence-electron chi connectivity index (χ4n) is 4.60. The first-order valence-electron chi connectivity index (χ1n) is 12.2. The first-order chi connectivity index (χ1) is 17.2. The minimum atomic E-state index is -0.253. The van der Waals surface area contributed by atoms with Crippen LogP contribution >= 0.6 is 11.8 Å². The standard InChI is InChI=1S/C28H29FN4OS/c29-23-8-5-7-21(17-23)18-33-26-25(11-6-16-30-26)32-28(33)35-19-20-12-14-22(15-13-20)27(34)31-24-9-3-1-2-4-10-24/h5-8,11-17,24H,1-4,9-10,18-19H2,(H,31,34). The lowest BCUT2D eigenvalue weighted by molar-refractivity contribution is 0.0933. The number of halogens is 1. The number of fused-ring (bicyclic) bond motifs is 1. The highest BCUT2D eigenvalue weighted by Gasteiger charge is 2.16. The number of amides is 1. The molecular weight excluding hydrogens is 459 g/mol. The molecule has 4 aromatic rings. The molecule has 5 rings (SSSR count). The van der Waals surface area contributed by atoms with Crippen LogP contribution in [0.1, 0.15) is 60.0 Å². The molecule has 0 radical (unpaired) electrons. The van der Waals surface area contributed by atoms with Crippen LogP contribution in [0, 0.1) is 5.82 Å². The van der Waals surface area contributed by atoms with E-state index in [4.69, 9.17) is 4.98 Å². The summed E-state index contributed by atoms with van der Waals surface area (Å²) in [4.78, 5) is 22.0. The third-order valence-electron chi connectivity index (χ3n) is 6.47. The first-order valence-corrected chi connectivity index (χ1v) is 13.2. The van der Waals surface area contributed by atoms with Crippen molar-refractivity contribution in [3.05, 3.63) is 89.4 Å². The van der Waals surface area contributed by atoms with E-state index in [9.17, 15) is 9.18 Å². The number of nitrogens with one attached hydrogen (secondary N) is 1. The Morgan fingerprint density at radius 1 is 1.00 bits per heavy atom. The van der Waals surface area contributed by atoms with E-state index in [1.165, 1.54) is 31.7 Å². The number of aromatic nitrogens is 3. The molecule has 1 amide bonds. The van der Waals surface area contributed by atoms with E-state index in [1.807, 2.05) is 47.0 Å². The Labute approximate surface area is 209 Å². The number of hydrogen-bond donors (Lipinski definition) is 1. The maximum Gasteiger partial charge on any atom is 0.251 e. The number of rotatable bonds is 7. The van der Waals surface area contributed by atoms with E-state index in [1.54, 1.807) is 30.1 Å². The highest BCUT2D eigenvalue weighted by atomic mass is 32.2. The molecule has 1 fully saturated rings. The highest BCUT2D eigenvalue weighted by Crippen LogP contribution is 2.27. The van der Waals surface area contributed by atoms with E-state index in [0.29, 0.717) is 23.9 Å². The van der Waals surface area contributed by atoms with Gasteiger partial charge in [0.2, 0.25) is 0 Å². The van der Waals surface area contributed by atoms with Crippen molar-refractivity contribution in [2.75, 3.05) is 0 Å².